The number of fused-ring (bicyclic) bond motifs is 1. The lowest BCUT2D eigenvalue weighted by molar-refractivity contribution is 0.0985. The van der Waals surface area contributed by atoms with Gasteiger partial charge in [-0.1, -0.05) is 60.9 Å². The Bertz CT molecular complexity index is 1170. The smallest absolute Gasteiger partial charge is 0.261 e. The summed E-state index contributed by atoms with van der Waals surface area (Å²) < 4.78 is 2.74. The Kier molecular flexibility index (Phi) is 5.78. The fraction of sp³-hybridized carbons (Fsp3) is 0.0500. The molecule has 4 aromatic rings. The SMILES string of the molecule is O=C(c1cc(Br)ccc1Cl)N(Cc1ccccn1)c1nc2ccc(Br)cc2s1. The van der Waals surface area contributed by atoms with E-state index in [4.69, 9.17) is 11.6 Å². The van der Waals surface area contributed by atoms with Crippen molar-refractivity contribution < 1.29 is 4.79 Å². The van der Waals surface area contributed by atoms with Gasteiger partial charge in [0, 0.05) is 15.1 Å². The minimum atomic E-state index is -0.227. The Labute approximate surface area is 187 Å². The molecule has 0 aliphatic heterocycles. The van der Waals surface area contributed by atoms with Crippen LogP contribution in [-0.2, 0) is 6.54 Å². The van der Waals surface area contributed by atoms with Crippen LogP contribution in [0.5, 0.6) is 0 Å². The summed E-state index contributed by atoms with van der Waals surface area (Å²) in [6, 6.07) is 16.7. The van der Waals surface area contributed by atoms with E-state index in [1.807, 2.05) is 36.4 Å². The van der Waals surface area contributed by atoms with E-state index in [1.54, 1.807) is 29.3 Å². The third-order valence-corrected chi connectivity index (χ3v) is 6.38. The van der Waals surface area contributed by atoms with Crippen molar-refractivity contribution in [1.82, 2.24) is 9.97 Å². The van der Waals surface area contributed by atoms with Gasteiger partial charge in [-0.3, -0.25) is 14.7 Å². The molecule has 0 atom stereocenters. The Morgan fingerprint density at radius 3 is 2.64 bits per heavy atom. The normalized spacial score (nSPS) is 11.0. The van der Waals surface area contributed by atoms with Crippen LogP contribution in [0.15, 0.2) is 69.7 Å². The summed E-state index contributed by atoms with van der Waals surface area (Å²) in [7, 11) is 0. The van der Waals surface area contributed by atoms with E-state index in [9.17, 15) is 4.79 Å². The summed E-state index contributed by atoms with van der Waals surface area (Å²) in [6.07, 6.45) is 1.71. The molecule has 0 N–H and O–H groups in total. The second-order valence-corrected chi connectivity index (χ2v) is 9.19. The van der Waals surface area contributed by atoms with Crippen molar-refractivity contribution in [1.29, 1.82) is 0 Å². The van der Waals surface area contributed by atoms with Crippen LogP contribution in [0.1, 0.15) is 16.1 Å². The topological polar surface area (TPSA) is 46.1 Å². The minimum Gasteiger partial charge on any atom is -0.278 e. The standard InChI is InChI=1S/C20H12Br2ClN3OS/c21-12-4-6-16(23)15(9-12)19(27)26(11-14-3-1-2-8-24-14)20-25-17-7-5-13(22)10-18(17)28-20/h1-10H,11H2. The molecular weight excluding hydrogens is 526 g/mol. The molecule has 0 saturated heterocycles. The van der Waals surface area contributed by atoms with E-state index >= 15 is 0 Å². The Hall–Kier alpha value is -1.80. The number of amides is 1. The van der Waals surface area contributed by atoms with Crippen molar-refractivity contribution in [2.75, 3.05) is 4.90 Å². The molecule has 2 aromatic heterocycles. The van der Waals surface area contributed by atoms with Gasteiger partial charge in [0.25, 0.3) is 5.91 Å². The molecule has 4 nitrogen and oxygen atoms in total. The van der Waals surface area contributed by atoms with Gasteiger partial charge in [0.1, 0.15) is 0 Å². The zero-order valence-corrected chi connectivity index (χ0v) is 19.0. The lowest BCUT2D eigenvalue weighted by atomic mass is 10.2. The highest BCUT2D eigenvalue weighted by Gasteiger charge is 2.24. The lowest BCUT2D eigenvalue weighted by Gasteiger charge is -2.20. The highest BCUT2D eigenvalue weighted by molar-refractivity contribution is 9.10. The number of aromatic nitrogens is 2. The van der Waals surface area contributed by atoms with Gasteiger partial charge in [-0.2, -0.15) is 0 Å². The quantitative estimate of drug-likeness (QED) is 0.290. The van der Waals surface area contributed by atoms with Crippen LogP contribution in [0.25, 0.3) is 10.2 Å². The largest absolute Gasteiger partial charge is 0.278 e. The molecule has 0 bridgehead atoms. The lowest BCUT2D eigenvalue weighted by Crippen LogP contribution is -2.31. The summed E-state index contributed by atoms with van der Waals surface area (Å²) >= 11 is 14.7. The molecule has 8 heteroatoms. The first-order valence-corrected chi connectivity index (χ1v) is 11.0. The molecule has 4 rings (SSSR count). The maximum atomic E-state index is 13.4. The number of rotatable bonds is 4. The van der Waals surface area contributed by atoms with Crippen LogP contribution in [0, 0.1) is 0 Å². The molecule has 2 aromatic carbocycles. The summed E-state index contributed by atoms with van der Waals surface area (Å²) in [5.74, 6) is -0.227. The van der Waals surface area contributed by atoms with Crippen molar-refractivity contribution in [3.05, 3.63) is 86.0 Å². The van der Waals surface area contributed by atoms with Gasteiger partial charge in [0.05, 0.1) is 33.0 Å². The van der Waals surface area contributed by atoms with Crippen LogP contribution >= 0.6 is 54.8 Å². The predicted octanol–water partition coefficient (Wildman–Crippen LogP) is 6.72. The van der Waals surface area contributed by atoms with E-state index in [-0.39, 0.29) is 5.91 Å². The summed E-state index contributed by atoms with van der Waals surface area (Å²) in [5.41, 5.74) is 2.01. The Balaban J connectivity index is 1.80. The van der Waals surface area contributed by atoms with E-state index in [0.29, 0.717) is 22.3 Å². The highest BCUT2D eigenvalue weighted by Crippen LogP contribution is 2.33. The van der Waals surface area contributed by atoms with Gasteiger partial charge in [-0.25, -0.2) is 4.98 Å². The van der Waals surface area contributed by atoms with E-state index < -0.39 is 0 Å². The van der Waals surface area contributed by atoms with Crippen LogP contribution < -0.4 is 4.90 Å². The first-order valence-electron chi connectivity index (χ1n) is 8.24. The van der Waals surface area contributed by atoms with Crippen molar-refractivity contribution in [3.8, 4) is 0 Å². The van der Waals surface area contributed by atoms with Crippen LogP contribution in [0.3, 0.4) is 0 Å². The Morgan fingerprint density at radius 1 is 1.07 bits per heavy atom. The molecule has 28 heavy (non-hydrogen) atoms. The summed E-state index contributed by atoms with van der Waals surface area (Å²) in [6.45, 7) is 0.295. The summed E-state index contributed by atoms with van der Waals surface area (Å²) in [5, 5.41) is 0.989. The van der Waals surface area contributed by atoms with Gasteiger partial charge in [0.15, 0.2) is 5.13 Å². The van der Waals surface area contributed by atoms with E-state index in [1.165, 1.54) is 11.3 Å². The molecule has 0 aliphatic carbocycles. The molecule has 0 aliphatic rings. The number of anilines is 1. The Morgan fingerprint density at radius 2 is 1.86 bits per heavy atom. The number of carbonyl (C=O) groups excluding carboxylic acids is 1. The molecule has 0 unspecified atom stereocenters. The molecule has 0 spiro atoms. The number of carbonyl (C=O) groups is 1. The van der Waals surface area contributed by atoms with Crippen LogP contribution in [0.2, 0.25) is 5.02 Å². The van der Waals surface area contributed by atoms with Crippen LogP contribution in [-0.4, -0.2) is 15.9 Å². The average Bonchev–Trinajstić information content (AvgIpc) is 3.11. The van der Waals surface area contributed by atoms with Gasteiger partial charge < -0.3 is 0 Å². The van der Waals surface area contributed by atoms with Crippen LogP contribution in [0.4, 0.5) is 5.13 Å². The first kappa shape index (κ1) is 19.5. The molecule has 0 saturated carbocycles. The number of thiazole rings is 1. The zero-order chi connectivity index (χ0) is 19.7. The number of benzene rings is 2. The number of hydrogen-bond acceptors (Lipinski definition) is 4. The van der Waals surface area contributed by atoms with Crippen molar-refractivity contribution in [3.63, 3.8) is 0 Å². The maximum absolute atomic E-state index is 13.4. The van der Waals surface area contributed by atoms with Gasteiger partial charge >= 0.3 is 0 Å². The minimum absolute atomic E-state index is 0.227. The second kappa shape index (κ2) is 8.29. The fourth-order valence-electron chi connectivity index (χ4n) is 2.69. The maximum Gasteiger partial charge on any atom is 0.261 e. The monoisotopic (exact) mass is 535 g/mol. The van der Waals surface area contributed by atoms with Gasteiger partial charge in [0.2, 0.25) is 0 Å². The molecule has 2 heterocycles. The van der Waals surface area contributed by atoms with Crippen molar-refractivity contribution in [2.45, 2.75) is 6.54 Å². The number of hydrogen-bond donors (Lipinski definition) is 0. The molecule has 1 amide bonds. The number of nitrogens with zero attached hydrogens (tertiary/aromatic N) is 3. The molecular formula is C20H12Br2ClN3OS. The third kappa shape index (κ3) is 4.12. The second-order valence-electron chi connectivity index (χ2n) is 5.95. The first-order chi connectivity index (χ1) is 13.5. The highest BCUT2D eigenvalue weighted by atomic mass is 79.9. The predicted molar refractivity (Wildman–Crippen MR) is 121 cm³/mol. The van der Waals surface area contributed by atoms with Crippen molar-refractivity contribution in [2.24, 2.45) is 0 Å². The van der Waals surface area contributed by atoms with Gasteiger partial charge in [-0.05, 0) is 48.5 Å². The fourth-order valence-corrected chi connectivity index (χ4v) is 4.76. The summed E-state index contributed by atoms with van der Waals surface area (Å²) in [4.78, 5) is 24.1. The average molecular weight is 538 g/mol. The molecule has 0 fully saturated rings. The number of halogens is 3. The van der Waals surface area contributed by atoms with E-state index in [0.717, 1.165) is 24.9 Å². The zero-order valence-electron chi connectivity index (χ0n) is 14.3. The third-order valence-electron chi connectivity index (χ3n) is 4.02. The van der Waals surface area contributed by atoms with Crippen molar-refractivity contribution >= 4 is 76.1 Å². The van der Waals surface area contributed by atoms with E-state index in [2.05, 4.69) is 41.8 Å². The molecule has 140 valence electrons. The number of pyridine rings is 1. The van der Waals surface area contributed by atoms with Gasteiger partial charge in [-0.15, -0.1) is 0 Å². The molecule has 0 radical (unpaired) electrons.